The number of oxazole rings is 1. The van der Waals surface area contributed by atoms with Gasteiger partial charge in [0.1, 0.15) is 0 Å². The fourth-order valence-electron chi connectivity index (χ4n) is 1.83. The zero-order valence-corrected chi connectivity index (χ0v) is 9.54. The Kier molecular flexibility index (Phi) is 2.19. The fourth-order valence-corrected chi connectivity index (χ4v) is 1.83. The Morgan fingerprint density at radius 3 is 2.83 bits per heavy atom. The Morgan fingerprint density at radius 1 is 1.28 bits per heavy atom. The molecule has 0 fully saturated rings. The van der Waals surface area contributed by atoms with Crippen LogP contribution in [0.5, 0.6) is 0 Å². The van der Waals surface area contributed by atoms with E-state index in [2.05, 4.69) is 0 Å². The smallest absolute Gasteiger partial charge is 0.427 e. The van der Waals surface area contributed by atoms with Gasteiger partial charge in [0, 0.05) is 0 Å². The third-order valence-electron chi connectivity index (χ3n) is 2.67. The molecule has 0 unspecified atom stereocenters. The molecule has 0 spiro atoms. The molecule has 1 aromatic carbocycles. The lowest BCUT2D eigenvalue weighted by molar-refractivity contribution is 0.0929. The van der Waals surface area contributed by atoms with Crippen LogP contribution in [0.4, 0.5) is 0 Å². The summed E-state index contributed by atoms with van der Waals surface area (Å²) < 4.78 is 11.0. The lowest BCUT2D eigenvalue weighted by atomic mass is 10.2. The van der Waals surface area contributed by atoms with Gasteiger partial charge in [0.15, 0.2) is 11.3 Å². The lowest BCUT2D eigenvalue weighted by Gasteiger charge is -1.98. The quantitative estimate of drug-likeness (QED) is 0.657. The molecule has 0 aliphatic carbocycles. The average Bonchev–Trinajstić information content (AvgIpc) is 2.94. The summed E-state index contributed by atoms with van der Waals surface area (Å²) in [5, 5.41) is 0. The minimum atomic E-state index is -0.711. The maximum Gasteiger partial charge on any atom is 0.427 e. The first kappa shape index (κ1) is 10.6. The minimum absolute atomic E-state index is 0.0984. The highest BCUT2D eigenvalue weighted by Gasteiger charge is 2.19. The van der Waals surface area contributed by atoms with Crippen LogP contribution in [-0.2, 0) is 0 Å². The Labute approximate surface area is 101 Å². The highest BCUT2D eigenvalue weighted by molar-refractivity contribution is 5.98. The predicted octanol–water partition coefficient (Wildman–Crippen LogP) is 2.18. The van der Waals surface area contributed by atoms with E-state index in [-0.39, 0.29) is 5.76 Å². The van der Waals surface area contributed by atoms with Crippen LogP contribution in [0, 0.1) is 6.92 Å². The third kappa shape index (κ3) is 1.48. The van der Waals surface area contributed by atoms with Crippen molar-refractivity contribution in [3.63, 3.8) is 0 Å². The van der Waals surface area contributed by atoms with Crippen molar-refractivity contribution < 1.29 is 13.6 Å². The summed E-state index contributed by atoms with van der Waals surface area (Å²) >= 11 is 0. The van der Waals surface area contributed by atoms with Gasteiger partial charge in [-0.25, -0.2) is 9.36 Å². The molecule has 90 valence electrons. The molecule has 3 rings (SSSR count). The molecule has 2 aromatic heterocycles. The largest absolute Gasteiger partial charge is 0.459 e. The number of carbonyl (C=O) groups is 1. The number of rotatable bonds is 1. The molecular formula is C13H9NO4. The number of benzene rings is 1. The molecule has 5 nitrogen and oxygen atoms in total. The number of hydrogen-bond acceptors (Lipinski definition) is 4. The van der Waals surface area contributed by atoms with Crippen molar-refractivity contribution in [2.45, 2.75) is 6.92 Å². The van der Waals surface area contributed by atoms with E-state index in [4.69, 9.17) is 8.83 Å². The molecule has 0 bridgehead atoms. The van der Waals surface area contributed by atoms with E-state index in [0.29, 0.717) is 11.1 Å². The van der Waals surface area contributed by atoms with Crippen molar-refractivity contribution in [2.75, 3.05) is 0 Å². The van der Waals surface area contributed by atoms with E-state index in [9.17, 15) is 9.59 Å². The van der Waals surface area contributed by atoms with Gasteiger partial charge in [0.2, 0.25) is 0 Å². The van der Waals surface area contributed by atoms with Gasteiger partial charge in [-0.1, -0.05) is 6.07 Å². The molecule has 0 aliphatic heterocycles. The van der Waals surface area contributed by atoms with Crippen LogP contribution in [0.15, 0.2) is 50.2 Å². The molecule has 3 aromatic rings. The van der Waals surface area contributed by atoms with Crippen LogP contribution >= 0.6 is 0 Å². The van der Waals surface area contributed by atoms with Crippen molar-refractivity contribution in [3.8, 4) is 0 Å². The average molecular weight is 243 g/mol. The minimum Gasteiger partial charge on any atom is -0.459 e. The second kappa shape index (κ2) is 3.73. The molecular weight excluding hydrogens is 234 g/mol. The summed E-state index contributed by atoms with van der Waals surface area (Å²) in [6.45, 7) is 1.87. The maximum absolute atomic E-state index is 12.1. The number of furan rings is 1. The molecule has 0 saturated heterocycles. The number of aryl methyl sites for hydroxylation is 1. The second-order valence-electron chi connectivity index (χ2n) is 3.96. The molecule has 2 heterocycles. The molecule has 0 radical (unpaired) electrons. The standard InChI is InChI=1S/C13H9NO4/c1-8-4-5-10-9(7-8)14(13(16)18-10)12(15)11-3-2-6-17-11/h2-7H,1H3. The molecule has 0 saturated carbocycles. The molecule has 5 heteroatoms. The van der Waals surface area contributed by atoms with Gasteiger partial charge in [-0.15, -0.1) is 0 Å². The first-order chi connectivity index (χ1) is 8.66. The number of hydrogen-bond donors (Lipinski definition) is 0. The van der Waals surface area contributed by atoms with Crippen LogP contribution in [0.1, 0.15) is 16.1 Å². The summed E-state index contributed by atoms with van der Waals surface area (Å²) in [5.41, 5.74) is 1.76. The molecule has 0 N–H and O–H groups in total. The summed E-state index contributed by atoms with van der Waals surface area (Å²) in [7, 11) is 0. The van der Waals surface area contributed by atoms with Gasteiger partial charge in [-0.3, -0.25) is 4.79 Å². The van der Waals surface area contributed by atoms with Crippen LogP contribution in [0.3, 0.4) is 0 Å². The van der Waals surface area contributed by atoms with E-state index in [0.717, 1.165) is 10.1 Å². The number of aromatic nitrogens is 1. The number of nitrogens with zero attached hydrogens (tertiary/aromatic N) is 1. The topological polar surface area (TPSA) is 65.3 Å². The Hall–Kier alpha value is -2.56. The Balaban J connectivity index is 2.29. The maximum atomic E-state index is 12.1. The van der Waals surface area contributed by atoms with Gasteiger partial charge in [0.25, 0.3) is 0 Å². The van der Waals surface area contributed by atoms with Gasteiger partial charge in [-0.05, 0) is 36.8 Å². The van der Waals surface area contributed by atoms with Crippen LogP contribution in [0.2, 0.25) is 0 Å². The zero-order chi connectivity index (χ0) is 12.7. The summed E-state index contributed by atoms with van der Waals surface area (Å²) in [4.78, 5) is 23.8. The second-order valence-corrected chi connectivity index (χ2v) is 3.96. The number of carbonyl (C=O) groups excluding carboxylic acids is 1. The van der Waals surface area contributed by atoms with E-state index in [1.165, 1.54) is 12.3 Å². The Morgan fingerprint density at radius 2 is 2.11 bits per heavy atom. The molecule has 0 aliphatic rings. The van der Waals surface area contributed by atoms with Gasteiger partial charge in [-0.2, -0.15) is 0 Å². The molecule has 0 amide bonds. The van der Waals surface area contributed by atoms with Crippen molar-refractivity contribution >= 4 is 17.0 Å². The van der Waals surface area contributed by atoms with E-state index < -0.39 is 11.7 Å². The van der Waals surface area contributed by atoms with E-state index in [1.807, 2.05) is 13.0 Å². The monoisotopic (exact) mass is 243 g/mol. The Bertz CT molecular complexity index is 777. The zero-order valence-electron chi connectivity index (χ0n) is 9.54. The summed E-state index contributed by atoms with van der Waals surface area (Å²) in [5.74, 6) is -1.15. The predicted molar refractivity (Wildman–Crippen MR) is 63.6 cm³/mol. The molecule has 18 heavy (non-hydrogen) atoms. The third-order valence-corrected chi connectivity index (χ3v) is 2.67. The lowest BCUT2D eigenvalue weighted by Crippen LogP contribution is -2.22. The first-order valence-corrected chi connectivity index (χ1v) is 5.37. The summed E-state index contributed by atoms with van der Waals surface area (Å²) in [6, 6.07) is 8.29. The van der Waals surface area contributed by atoms with Crippen molar-refractivity contribution in [3.05, 3.63) is 58.5 Å². The fraction of sp³-hybridized carbons (Fsp3) is 0.0769. The van der Waals surface area contributed by atoms with E-state index >= 15 is 0 Å². The van der Waals surface area contributed by atoms with E-state index in [1.54, 1.807) is 18.2 Å². The normalized spacial score (nSPS) is 10.9. The van der Waals surface area contributed by atoms with Gasteiger partial charge in [0.05, 0.1) is 11.8 Å². The van der Waals surface area contributed by atoms with Crippen molar-refractivity contribution in [1.82, 2.24) is 4.57 Å². The van der Waals surface area contributed by atoms with Crippen molar-refractivity contribution in [1.29, 1.82) is 0 Å². The SMILES string of the molecule is Cc1ccc2oc(=O)n(C(=O)c3ccco3)c2c1. The summed E-state index contributed by atoms with van der Waals surface area (Å²) in [6.07, 6.45) is 1.38. The van der Waals surface area contributed by atoms with Gasteiger partial charge < -0.3 is 8.83 Å². The highest BCUT2D eigenvalue weighted by atomic mass is 16.4. The van der Waals surface area contributed by atoms with Gasteiger partial charge >= 0.3 is 11.7 Å². The van der Waals surface area contributed by atoms with Crippen LogP contribution in [0.25, 0.3) is 11.1 Å². The highest BCUT2D eigenvalue weighted by Crippen LogP contribution is 2.16. The van der Waals surface area contributed by atoms with Crippen molar-refractivity contribution in [2.24, 2.45) is 0 Å². The molecule has 0 atom stereocenters. The first-order valence-electron chi connectivity index (χ1n) is 5.37. The van der Waals surface area contributed by atoms with Crippen LogP contribution in [-0.4, -0.2) is 10.5 Å². The number of fused-ring (bicyclic) bond motifs is 1. The van der Waals surface area contributed by atoms with Crippen LogP contribution < -0.4 is 5.76 Å².